The van der Waals surface area contributed by atoms with Crippen molar-refractivity contribution in [3.8, 4) is 5.75 Å². The number of benzene rings is 1. The van der Waals surface area contributed by atoms with Crippen molar-refractivity contribution < 1.29 is 4.74 Å². The first-order valence-electron chi connectivity index (χ1n) is 4.88. The summed E-state index contributed by atoms with van der Waals surface area (Å²) >= 11 is 0. The summed E-state index contributed by atoms with van der Waals surface area (Å²) in [6.07, 6.45) is 2.00. The summed E-state index contributed by atoms with van der Waals surface area (Å²) in [6.45, 7) is 2.11. The van der Waals surface area contributed by atoms with Crippen molar-refractivity contribution in [3.63, 3.8) is 0 Å². The Morgan fingerprint density at radius 2 is 2.14 bits per heavy atom. The lowest BCUT2D eigenvalue weighted by Crippen LogP contribution is -2.12. The quantitative estimate of drug-likeness (QED) is 0.721. The van der Waals surface area contributed by atoms with Gasteiger partial charge in [-0.25, -0.2) is 0 Å². The molecule has 0 spiro atoms. The number of ether oxygens (including phenoxy) is 1. The van der Waals surface area contributed by atoms with Gasteiger partial charge in [-0.3, -0.25) is 0 Å². The fraction of sp³-hybridized carbons (Fsp3) is 0.455. The lowest BCUT2D eigenvalue weighted by Gasteiger charge is -2.14. The summed E-state index contributed by atoms with van der Waals surface area (Å²) in [5, 5.41) is 0. The Hall–Kier alpha value is -1.22. The molecule has 0 bridgehead atoms. The fourth-order valence-corrected chi connectivity index (χ4v) is 1.47. The summed E-state index contributed by atoms with van der Waals surface area (Å²) in [5.41, 5.74) is 13.6. The Balaban J connectivity index is 2.93. The first kappa shape index (κ1) is 10.9. The van der Waals surface area contributed by atoms with Crippen molar-refractivity contribution in [3.05, 3.63) is 23.8 Å². The van der Waals surface area contributed by atoms with Crippen LogP contribution in [0, 0.1) is 0 Å². The van der Waals surface area contributed by atoms with E-state index in [2.05, 4.69) is 6.92 Å². The Morgan fingerprint density at radius 1 is 1.43 bits per heavy atom. The van der Waals surface area contributed by atoms with Gasteiger partial charge in [-0.15, -0.1) is 0 Å². The van der Waals surface area contributed by atoms with Gasteiger partial charge in [-0.2, -0.15) is 0 Å². The molecule has 0 saturated carbocycles. The minimum Gasteiger partial charge on any atom is -0.497 e. The van der Waals surface area contributed by atoms with Crippen LogP contribution in [0.25, 0.3) is 0 Å². The zero-order valence-electron chi connectivity index (χ0n) is 8.79. The molecule has 1 rings (SSSR count). The van der Waals surface area contributed by atoms with Crippen LogP contribution in [0.4, 0.5) is 5.69 Å². The summed E-state index contributed by atoms with van der Waals surface area (Å²) in [5.74, 6) is 0.806. The van der Waals surface area contributed by atoms with Gasteiger partial charge >= 0.3 is 0 Å². The van der Waals surface area contributed by atoms with Gasteiger partial charge in [0.05, 0.1) is 7.11 Å². The van der Waals surface area contributed by atoms with E-state index in [0.717, 1.165) is 29.8 Å². The van der Waals surface area contributed by atoms with Crippen LogP contribution in [0.3, 0.4) is 0 Å². The van der Waals surface area contributed by atoms with Crippen molar-refractivity contribution in [2.75, 3.05) is 12.8 Å². The second-order valence-electron chi connectivity index (χ2n) is 3.39. The highest BCUT2D eigenvalue weighted by Crippen LogP contribution is 2.26. The van der Waals surface area contributed by atoms with Crippen LogP contribution >= 0.6 is 0 Å². The Kier molecular flexibility index (Phi) is 3.77. The molecule has 1 aromatic rings. The molecule has 78 valence electrons. The van der Waals surface area contributed by atoms with E-state index in [0.29, 0.717) is 0 Å². The van der Waals surface area contributed by atoms with Crippen LogP contribution in [0.1, 0.15) is 31.4 Å². The Labute approximate surface area is 85.0 Å². The molecule has 1 atom stereocenters. The lowest BCUT2D eigenvalue weighted by atomic mass is 10.0. The van der Waals surface area contributed by atoms with E-state index in [4.69, 9.17) is 16.2 Å². The molecule has 1 unspecified atom stereocenters. The number of nitrogens with two attached hydrogens (primary N) is 2. The van der Waals surface area contributed by atoms with E-state index in [1.165, 1.54) is 0 Å². The zero-order chi connectivity index (χ0) is 10.6. The molecule has 14 heavy (non-hydrogen) atoms. The molecular formula is C11H18N2O. The standard InChI is InChI=1S/C11H18N2O/c1-3-4-10(12)9-7-8(14-2)5-6-11(9)13/h5-7,10H,3-4,12-13H2,1-2H3. The van der Waals surface area contributed by atoms with E-state index in [1.807, 2.05) is 18.2 Å². The monoisotopic (exact) mass is 194 g/mol. The van der Waals surface area contributed by atoms with Gasteiger partial charge in [0, 0.05) is 11.7 Å². The molecule has 0 aliphatic heterocycles. The minimum atomic E-state index is 0.00935. The highest BCUT2D eigenvalue weighted by molar-refractivity contribution is 5.51. The third kappa shape index (κ3) is 2.39. The number of hydrogen-bond acceptors (Lipinski definition) is 3. The largest absolute Gasteiger partial charge is 0.497 e. The average molecular weight is 194 g/mol. The third-order valence-electron chi connectivity index (χ3n) is 2.29. The number of methoxy groups -OCH3 is 1. The zero-order valence-corrected chi connectivity index (χ0v) is 8.79. The molecule has 4 N–H and O–H groups in total. The number of rotatable bonds is 4. The van der Waals surface area contributed by atoms with Crippen LogP contribution in [0.15, 0.2) is 18.2 Å². The molecule has 0 radical (unpaired) electrons. The van der Waals surface area contributed by atoms with E-state index < -0.39 is 0 Å². The van der Waals surface area contributed by atoms with Crippen LogP contribution in [0.2, 0.25) is 0 Å². The Bertz CT molecular complexity index is 299. The molecule has 0 aliphatic carbocycles. The molecular weight excluding hydrogens is 176 g/mol. The molecule has 3 nitrogen and oxygen atoms in total. The van der Waals surface area contributed by atoms with E-state index in [-0.39, 0.29) is 6.04 Å². The molecule has 0 fully saturated rings. The summed E-state index contributed by atoms with van der Waals surface area (Å²) < 4.78 is 5.13. The predicted molar refractivity (Wildman–Crippen MR) is 59.2 cm³/mol. The molecule has 0 heterocycles. The summed E-state index contributed by atoms with van der Waals surface area (Å²) in [7, 11) is 1.64. The maximum absolute atomic E-state index is 5.99. The highest BCUT2D eigenvalue weighted by Gasteiger charge is 2.09. The topological polar surface area (TPSA) is 61.3 Å². The van der Waals surface area contributed by atoms with Crippen LogP contribution < -0.4 is 16.2 Å². The first-order chi connectivity index (χ1) is 6.69. The van der Waals surface area contributed by atoms with Crippen molar-refractivity contribution in [1.82, 2.24) is 0 Å². The second kappa shape index (κ2) is 4.86. The Morgan fingerprint density at radius 3 is 2.71 bits per heavy atom. The van der Waals surface area contributed by atoms with Gasteiger partial charge in [-0.05, 0) is 30.2 Å². The maximum Gasteiger partial charge on any atom is 0.119 e. The smallest absolute Gasteiger partial charge is 0.119 e. The van der Waals surface area contributed by atoms with Gasteiger partial charge < -0.3 is 16.2 Å². The number of nitrogen functional groups attached to an aromatic ring is 1. The number of anilines is 1. The fourth-order valence-electron chi connectivity index (χ4n) is 1.47. The van der Waals surface area contributed by atoms with Crippen molar-refractivity contribution in [1.29, 1.82) is 0 Å². The van der Waals surface area contributed by atoms with E-state index in [1.54, 1.807) is 7.11 Å². The molecule has 3 heteroatoms. The highest BCUT2D eigenvalue weighted by atomic mass is 16.5. The first-order valence-corrected chi connectivity index (χ1v) is 4.88. The number of hydrogen-bond donors (Lipinski definition) is 2. The van der Waals surface area contributed by atoms with Crippen molar-refractivity contribution >= 4 is 5.69 Å². The lowest BCUT2D eigenvalue weighted by molar-refractivity contribution is 0.413. The predicted octanol–water partition coefficient (Wildman–Crippen LogP) is 2.08. The van der Waals surface area contributed by atoms with Gasteiger partial charge in [0.1, 0.15) is 5.75 Å². The van der Waals surface area contributed by atoms with Crippen LogP contribution in [-0.2, 0) is 0 Å². The molecule has 0 aliphatic rings. The van der Waals surface area contributed by atoms with Gasteiger partial charge in [0.15, 0.2) is 0 Å². The van der Waals surface area contributed by atoms with Gasteiger partial charge in [0.2, 0.25) is 0 Å². The van der Waals surface area contributed by atoms with Crippen molar-refractivity contribution in [2.45, 2.75) is 25.8 Å². The van der Waals surface area contributed by atoms with E-state index >= 15 is 0 Å². The van der Waals surface area contributed by atoms with Crippen LogP contribution in [0.5, 0.6) is 5.75 Å². The van der Waals surface area contributed by atoms with Gasteiger partial charge in [-0.1, -0.05) is 13.3 Å². The second-order valence-corrected chi connectivity index (χ2v) is 3.39. The molecule has 0 aromatic heterocycles. The SMILES string of the molecule is CCCC(N)c1cc(OC)ccc1N. The average Bonchev–Trinajstić information content (AvgIpc) is 2.19. The summed E-state index contributed by atoms with van der Waals surface area (Å²) in [6, 6.07) is 5.60. The normalized spacial score (nSPS) is 12.5. The summed E-state index contributed by atoms with van der Waals surface area (Å²) in [4.78, 5) is 0. The minimum absolute atomic E-state index is 0.00935. The maximum atomic E-state index is 5.99. The van der Waals surface area contributed by atoms with E-state index in [9.17, 15) is 0 Å². The van der Waals surface area contributed by atoms with Gasteiger partial charge in [0.25, 0.3) is 0 Å². The molecule has 0 amide bonds. The van der Waals surface area contributed by atoms with Crippen LogP contribution in [-0.4, -0.2) is 7.11 Å². The molecule has 1 aromatic carbocycles. The third-order valence-corrected chi connectivity index (χ3v) is 2.29. The van der Waals surface area contributed by atoms with Crippen molar-refractivity contribution in [2.24, 2.45) is 5.73 Å². The molecule has 0 saturated heterocycles.